The first kappa shape index (κ1) is 21.0. The Morgan fingerprint density at radius 1 is 1.03 bits per heavy atom. The number of nitro benzene ring substituents is 1. The van der Waals surface area contributed by atoms with Crippen LogP contribution in [0, 0.1) is 24.0 Å². The minimum absolute atomic E-state index is 0.0603. The molecule has 0 saturated carbocycles. The van der Waals surface area contributed by atoms with Crippen molar-refractivity contribution in [1.82, 2.24) is 19.4 Å². The van der Waals surface area contributed by atoms with Gasteiger partial charge < -0.3 is 4.74 Å². The number of para-hydroxylation sites is 1. The van der Waals surface area contributed by atoms with Crippen molar-refractivity contribution < 1.29 is 19.2 Å². The lowest BCUT2D eigenvalue weighted by molar-refractivity contribution is -0.384. The molecule has 2 heterocycles. The largest absolute Gasteiger partial charge is 0.403 e. The lowest BCUT2D eigenvalue weighted by atomic mass is 10.1. The van der Waals surface area contributed by atoms with Crippen LogP contribution in [0.5, 0.6) is 5.88 Å². The molecule has 32 heavy (non-hydrogen) atoms. The average Bonchev–Trinajstić information content (AvgIpc) is 3.36. The normalized spacial score (nSPS) is 10.7. The first-order valence-corrected chi connectivity index (χ1v) is 10.1. The molecule has 0 saturated heterocycles. The number of rotatable bonds is 6. The number of ketones is 1. The third kappa shape index (κ3) is 3.88. The van der Waals surface area contributed by atoms with Crippen LogP contribution < -0.4 is 4.74 Å². The van der Waals surface area contributed by atoms with Crippen LogP contribution in [-0.4, -0.2) is 36.0 Å². The van der Waals surface area contributed by atoms with Crippen molar-refractivity contribution in [3.63, 3.8) is 0 Å². The molecule has 0 fully saturated rings. The lowest BCUT2D eigenvalue weighted by Crippen LogP contribution is -2.14. The Balaban J connectivity index is 1.79. The molecule has 0 atom stereocenters. The second kappa shape index (κ2) is 8.47. The van der Waals surface area contributed by atoms with E-state index in [4.69, 9.17) is 4.74 Å². The molecule has 4 rings (SSSR count). The summed E-state index contributed by atoms with van der Waals surface area (Å²) in [6.07, 6.45) is 0. The number of non-ortho nitro benzene ring substituents is 1. The smallest absolute Gasteiger partial charge is 0.344 e. The summed E-state index contributed by atoms with van der Waals surface area (Å²) in [5.74, 6) is -1.26. The van der Waals surface area contributed by atoms with E-state index in [1.165, 1.54) is 28.9 Å². The Hall–Kier alpha value is -4.25. The van der Waals surface area contributed by atoms with Crippen LogP contribution in [0.2, 0.25) is 0 Å². The fraction of sp³-hybridized carbons (Fsp3) is 0.0952. The van der Waals surface area contributed by atoms with E-state index in [-0.39, 0.29) is 22.7 Å². The Labute approximate surface area is 185 Å². The van der Waals surface area contributed by atoms with E-state index in [0.29, 0.717) is 22.0 Å². The number of esters is 1. The molecule has 11 heteroatoms. The Bertz CT molecular complexity index is 1330. The standard InChI is InChI=1S/C21H15N5O5S/c1-12-17(18(27)19-13(2)22-24-32-19)20(25(23-12)15-6-4-3-5-7-15)31-21(28)14-8-10-16(11-9-14)26(29)30/h3-11H,1-2H3. The number of nitrogens with zero attached hydrogens (tertiary/aromatic N) is 5. The summed E-state index contributed by atoms with van der Waals surface area (Å²) >= 11 is 0.943. The third-order valence-electron chi connectivity index (χ3n) is 4.61. The number of carbonyl (C=O) groups excluding carboxylic acids is 2. The fourth-order valence-electron chi connectivity index (χ4n) is 3.03. The van der Waals surface area contributed by atoms with Crippen LogP contribution in [-0.2, 0) is 0 Å². The highest BCUT2D eigenvalue weighted by Gasteiger charge is 2.29. The summed E-state index contributed by atoms with van der Waals surface area (Å²) < 4.78 is 10.8. The molecule has 0 bridgehead atoms. The van der Waals surface area contributed by atoms with Gasteiger partial charge in [0.25, 0.3) is 5.69 Å². The van der Waals surface area contributed by atoms with Gasteiger partial charge >= 0.3 is 5.97 Å². The van der Waals surface area contributed by atoms with Crippen LogP contribution >= 0.6 is 11.5 Å². The molecule has 2 aromatic heterocycles. The van der Waals surface area contributed by atoms with Crippen molar-refractivity contribution in [2.45, 2.75) is 13.8 Å². The molecule has 4 aromatic rings. The SMILES string of the molecule is Cc1nnsc1C(=O)c1c(C)nn(-c2ccccc2)c1OC(=O)c1ccc([N+](=O)[O-])cc1. The maximum Gasteiger partial charge on any atom is 0.344 e. The summed E-state index contributed by atoms with van der Waals surface area (Å²) in [5.41, 5.74) is 1.44. The Morgan fingerprint density at radius 2 is 1.72 bits per heavy atom. The molecule has 160 valence electrons. The van der Waals surface area contributed by atoms with Gasteiger partial charge in [-0.2, -0.15) is 9.78 Å². The van der Waals surface area contributed by atoms with E-state index in [1.807, 2.05) is 6.07 Å². The van der Waals surface area contributed by atoms with Crippen molar-refractivity contribution >= 4 is 29.0 Å². The molecule has 0 aliphatic heterocycles. The molecule has 0 spiro atoms. The zero-order valence-electron chi connectivity index (χ0n) is 16.9. The summed E-state index contributed by atoms with van der Waals surface area (Å²) in [4.78, 5) is 36.7. The molecule has 0 radical (unpaired) electrons. The van der Waals surface area contributed by atoms with Gasteiger partial charge in [0.2, 0.25) is 11.7 Å². The number of hydrogen-bond acceptors (Lipinski definition) is 9. The predicted octanol–water partition coefficient (Wildman–Crippen LogP) is 3.70. The molecular formula is C21H15N5O5S. The van der Waals surface area contributed by atoms with E-state index >= 15 is 0 Å². The quantitative estimate of drug-likeness (QED) is 0.188. The number of carbonyl (C=O) groups is 2. The molecule has 0 N–H and O–H groups in total. The van der Waals surface area contributed by atoms with E-state index < -0.39 is 16.7 Å². The molecule has 0 amide bonds. The highest BCUT2D eigenvalue weighted by atomic mass is 32.1. The van der Waals surface area contributed by atoms with Crippen molar-refractivity contribution in [1.29, 1.82) is 0 Å². The van der Waals surface area contributed by atoms with Crippen LogP contribution in [0.4, 0.5) is 5.69 Å². The number of benzene rings is 2. The fourth-order valence-corrected chi connectivity index (χ4v) is 3.63. The number of aromatic nitrogens is 4. The zero-order valence-corrected chi connectivity index (χ0v) is 17.7. The van der Waals surface area contributed by atoms with Gasteiger partial charge in [0.1, 0.15) is 10.4 Å². The van der Waals surface area contributed by atoms with E-state index in [9.17, 15) is 19.7 Å². The highest BCUT2D eigenvalue weighted by molar-refractivity contribution is 7.08. The van der Waals surface area contributed by atoms with Gasteiger partial charge in [0, 0.05) is 12.1 Å². The average molecular weight is 449 g/mol. The third-order valence-corrected chi connectivity index (χ3v) is 5.43. The predicted molar refractivity (Wildman–Crippen MR) is 114 cm³/mol. The summed E-state index contributed by atoms with van der Waals surface area (Å²) in [7, 11) is 0. The maximum absolute atomic E-state index is 13.3. The van der Waals surface area contributed by atoms with E-state index in [2.05, 4.69) is 14.7 Å². The van der Waals surface area contributed by atoms with Gasteiger partial charge in [-0.25, -0.2) is 4.79 Å². The van der Waals surface area contributed by atoms with Crippen molar-refractivity contribution in [3.05, 3.63) is 92.1 Å². The molecular weight excluding hydrogens is 434 g/mol. The van der Waals surface area contributed by atoms with Gasteiger partial charge in [-0.05, 0) is 49.6 Å². The van der Waals surface area contributed by atoms with Crippen LogP contribution in [0.1, 0.15) is 37.0 Å². The molecule has 0 aliphatic carbocycles. The van der Waals surface area contributed by atoms with Gasteiger partial charge in [-0.3, -0.25) is 14.9 Å². The van der Waals surface area contributed by atoms with Crippen molar-refractivity contribution in [3.8, 4) is 11.6 Å². The Kier molecular flexibility index (Phi) is 5.56. The first-order valence-electron chi connectivity index (χ1n) is 9.32. The summed E-state index contributed by atoms with van der Waals surface area (Å²) in [5, 5.41) is 19.2. The first-order chi connectivity index (χ1) is 15.4. The van der Waals surface area contributed by atoms with Crippen LogP contribution in [0.3, 0.4) is 0 Å². The van der Waals surface area contributed by atoms with Crippen LogP contribution in [0.25, 0.3) is 5.69 Å². The Morgan fingerprint density at radius 3 is 2.31 bits per heavy atom. The minimum atomic E-state index is -0.787. The van der Waals surface area contributed by atoms with Gasteiger partial charge in [0.15, 0.2) is 0 Å². The van der Waals surface area contributed by atoms with Gasteiger partial charge in [-0.15, -0.1) is 5.10 Å². The number of nitro groups is 1. The van der Waals surface area contributed by atoms with Crippen molar-refractivity contribution in [2.24, 2.45) is 0 Å². The number of ether oxygens (including phenoxy) is 1. The topological polar surface area (TPSA) is 130 Å². The van der Waals surface area contributed by atoms with Crippen molar-refractivity contribution in [2.75, 3.05) is 0 Å². The summed E-state index contributed by atoms with van der Waals surface area (Å²) in [6.45, 7) is 3.30. The highest BCUT2D eigenvalue weighted by Crippen LogP contribution is 2.30. The molecule has 2 aromatic carbocycles. The molecule has 10 nitrogen and oxygen atoms in total. The van der Waals surface area contributed by atoms with Gasteiger partial charge in [-0.1, -0.05) is 22.7 Å². The van der Waals surface area contributed by atoms with Gasteiger partial charge in [0.05, 0.1) is 27.6 Å². The van der Waals surface area contributed by atoms with E-state index in [1.54, 1.807) is 38.1 Å². The number of aryl methyl sites for hydroxylation is 2. The lowest BCUT2D eigenvalue weighted by Gasteiger charge is -2.10. The second-order valence-electron chi connectivity index (χ2n) is 6.72. The maximum atomic E-state index is 13.3. The number of hydrogen-bond donors (Lipinski definition) is 0. The molecule has 0 aliphatic rings. The minimum Gasteiger partial charge on any atom is -0.403 e. The zero-order chi connectivity index (χ0) is 22.8. The monoisotopic (exact) mass is 449 g/mol. The van der Waals surface area contributed by atoms with Crippen LogP contribution in [0.15, 0.2) is 54.6 Å². The van der Waals surface area contributed by atoms with E-state index in [0.717, 1.165) is 11.5 Å². The second-order valence-corrected chi connectivity index (χ2v) is 7.48. The summed E-state index contributed by atoms with van der Waals surface area (Å²) in [6, 6.07) is 13.9. The molecule has 0 unspecified atom stereocenters.